The molecule has 2 aromatic carbocycles. The number of para-hydroxylation sites is 1. The van der Waals surface area contributed by atoms with Crippen molar-refractivity contribution in [3.63, 3.8) is 0 Å². The molecule has 6 nitrogen and oxygen atoms in total. The maximum atomic E-state index is 12.7. The highest BCUT2D eigenvalue weighted by molar-refractivity contribution is 8.15. The Morgan fingerprint density at radius 2 is 2.04 bits per heavy atom. The van der Waals surface area contributed by atoms with Crippen molar-refractivity contribution in [3.8, 4) is 5.75 Å². The molecule has 1 aliphatic heterocycles. The average Bonchev–Trinajstić information content (AvgIpc) is 2.91. The Kier molecular flexibility index (Phi) is 5.93. The van der Waals surface area contributed by atoms with E-state index in [2.05, 4.69) is 16.9 Å². The van der Waals surface area contributed by atoms with E-state index in [1.54, 1.807) is 36.4 Å². The van der Waals surface area contributed by atoms with Gasteiger partial charge in [0.05, 0.1) is 5.69 Å². The number of nitrogens with zero attached hydrogens (tertiary/aromatic N) is 2. The molecular weight excluding hydrogens is 362 g/mol. The summed E-state index contributed by atoms with van der Waals surface area (Å²) in [6.45, 7) is 3.98. The van der Waals surface area contributed by atoms with Crippen molar-refractivity contribution in [1.82, 2.24) is 4.90 Å². The summed E-state index contributed by atoms with van der Waals surface area (Å²) in [6.07, 6.45) is 1.66. The van der Waals surface area contributed by atoms with Gasteiger partial charge in [-0.2, -0.15) is 0 Å². The van der Waals surface area contributed by atoms with Crippen molar-refractivity contribution in [3.05, 3.63) is 67.3 Å². The first-order valence-electron chi connectivity index (χ1n) is 8.38. The quantitative estimate of drug-likeness (QED) is 0.750. The lowest BCUT2D eigenvalue weighted by Crippen LogP contribution is -2.33. The molecule has 1 aliphatic rings. The highest BCUT2D eigenvalue weighted by Gasteiger charge is 2.38. The van der Waals surface area contributed by atoms with Crippen LogP contribution in [0.2, 0.25) is 0 Å². The minimum Gasteiger partial charge on any atom is -0.508 e. The zero-order valence-corrected chi connectivity index (χ0v) is 15.4. The number of anilines is 1. The molecule has 0 spiro atoms. The number of carbonyl (C=O) groups excluding carboxylic acids is 2. The largest absolute Gasteiger partial charge is 0.508 e. The molecule has 0 aliphatic carbocycles. The van der Waals surface area contributed by atoms with Gasteiger partial charge in [0.1, 0.15) is 11.0 Å². The number of aliphatic imine (C=N–C) groups is 1. The molecule has 2 N–H and O–H groups in total. The van der Waals surface area contributed by atoms with E-state index in [1.165, 1.54) is 22.7 Å². The first kappa shape index (κ1) is 18.7. The van der Waals surface area contributed by atoms with Crippen LogP contribution >= 0.6 is 11.8 Å². The fourth-order valence-electron chi connectivity index (χ4n) is 2.60. The number of hydrogen-bond acceptors (Lipinski definition) is 5. The topological polar surface area (TPSA) is 82.0 Å². The molecule has 3 rings (SSSR count). The number of nitrogens with one attached hydrogen (secondary N) is 1. The summed E-state index contributed by atoms with van der Waals surface area (Å²) in [6, 6.07) is 15.6. The van der Waals surface area contributed by atoms with Crippen molar-refractivity contribution in [2.45, 2.75) is 11.7 Å². The zero-order valence-electron chi connectivity index (χ0n) is 14.5. The summed E-state index contributed by atoms with van der Waals surface area (Å²) in [5.74, 6) is -0.313. The Morgan fingerprint density at radius 3 is 2.74 bits per heavy atom. The fraction of sp³-hybridized carbons (Fsp3) is 0.150. The highest BCUT2D eigenvalue weighted by atomic mass is 32.2. The van der Waals surface area contributed by atoms with Gasteiger partial charge in [-0.05, 0) is 24.3 Å². The Labute approximate surface area is 161 Å². The van der Waals surface area contributed by atoms with Gasteiger partial charge in [-0.25, -0.2) is 4.99 Å². The van der Waals surface area contributed by atoms with Crippen LogP contribution in [0.4, 0.5) is 11.4 Å². The van der Waals surface area contributed by atoms with Crippen LogP contribution in [0.15, 0.2) is 72.2 Å². The molecule has 1 atom stereocenters. The van der Waals surface area contributed by atoms with Crippen molar-refractivity contribution in [2.24, 2.45) is 4.99 Å². The van der Waals surface area contributed by atoms with E-state index >= 15 is 0 Å². The van der Waals surface area contributed by atoms with E-state index in [0.717, 1.165) is 0 Å². The van der Waals surface area contributed by atoms with Gasteiger partial charge in [0, 0.05) is 24.7 Å². The van der Waals surface area contributed by atoms with E-state index in [4.69, 9.17) is 0 Å². The molecule has 7 heteroatoms. The van der Waals surface area contributed by atoms with Gasteiger partial charge in [-0.3, -0.25) is 14.5 Å². The second-order valence-corrected chi connectivity index (χ2v) is 7.05. The van der Waals surface area contributed by atoms with E-state index in [0.29, 0.717) is 23.1 Å². The molecule has 138 valence electrons. The zero-order chi connectivity index (χ0) is 19.2. The fourth-order valence-corrected chi connectivity index (χ4v) is 3.76. The molecule has 0 radical (unpaired) electrons. The number of rotatable bonds is 6. The van der Waals surface area contributed by atoms with Crippen molar-refractivity contribution < 1.29 is 14.7 Å². The van der Waals surface area contributed by atoms with Crippen molar-refractivity contribution >= 4 is 40.1 Å². The number of carbonyl (C=O) groups is 2. The SMILES string of the molecule is C=CCN1C(=O)C(CC(=O)Nc2ccccc2)SC1=Nc1cccc(O)c1. The lowest BCUT2D eigenvalue weighted by atomic mass is 10.2. The van der Waals surface area contributed by atoms with Crippen LogP contribution in [0, 0.1) is 0 Å². The van der Waals surface area contributed by atoms with Gasteiger partial charge in [0.25, 0.3) is 0 Å². The summed E-state index contributed by atoms with van der Waals surface area (Å²) < 4.78 is 0. The molecule has 0 aromatic heterocycles. The number of benzene rings is 2. The second kappa shape index (κ2) is 8.55. The smallest absolute Gasteiger partial charge is 0.242 e. The first-order chi connectivity index (χ1) is 13.1. The molecule has 1 fully saturated rings. The molecule has 2 aromatic rings. The maximum Gasteiger partial charge on any atom is 0.242 e. The van der Waals surface area contributed by atoms with Crippen LogP contribution < -0.4 is 5.32 Å². The predicted octanol–water partition coefficient (Wildman–Crippen LogP) is 3.54. The standard InChI is InChI=1S/C20H19N3O3S/c1-2-11-23-19(26)17(13-18(25)21-14-7-4-3-5-8-14)27-20(23)22-15-9-6-10-16(24)12-15/h2-10,12,17,24H,1,11,13H2,(H,21,25). The van der Waals surface area contributed by atoms with E-state index in [-0.39, 0.29) is 24.0 Å². The molecule has 1 saturated heterocycles. The number of hydrogen-bond donors (Lipinski definition) is 2. The van der Waals surface area contributed by atoms with Crippen LogP contribution in [-0.2, 0) is 9.59 Å². The third-order valence-electron chi connectivity index (χ3n) is 3.81. The number of phenolic OH excluding ortho intramolecular Hbond substituents is 1. The molecular formula is C20H19N3O3S. The summed E-state index contributed by atoms with van der Waals surface area (Å²) in [4.78, 5) is 31.0. The van der Waals surface area contributed by atoms with Gasteiger partial charge < -0.3 is 10.4 Å². The van der Waals surface area contributed by atoms with Gasteiger partial charge in [0.15, 0.2) is 5.17 Å². The third-order valence-corrected chi connectivity index (χ3v) is 4.99. The monoisotopic (exact) mass is 381 g/mol. The number of thioether (sulfide) groups is 1. The van der Waals surface area contributed by atoms with Crippen LogP contribution in [0.5, 0.6) is 5.75 Å². The summed E-state index contributed by atoms with van der Waals surface area (Å²) in [5.41, 5.74) is 1.23. The summed E-state index contributed by atoms with van der Waals surface area (Å²) >= 11 is 1.24. The summed E-state index contributed by atoms with van der Waals surface area (Å²) in [7, 11) is 0. The highest BCUT2D eigenvalue weighted by Crippen LogP contribution is 2.32. The molecule has 0 saturated carbocycles. The average molecular weight is 381 g/mol. The van der Waals surface area contributed by atoms with Crippen molar-refractivity contribution in [1.29, 1.82) is 0 Å². The van der Waals surface area contributed by atoms with E-state index < -0.39 is 5.25 Å². The molecule has 1 heterocycles. The lowest BCUT2D eigenvalue weighted by molar-refractivity contribution is -0.127. The Bertz CT molecular complexity index is 883. The van der Waals surface area contributed by atoms with Crippen LogP contribution in [0.1, 0.15) is 6.42 Å². The van der Waals surface area contributed by atoms with Gasteiger partial charge in [-0.15, -0.1) is 6.58 Å². The van der Waals surface area contributed by atoms with Crippen LogP contribution in [0.25, 0.3) is 0 Å². The Hall–Kier alpha value is -3.06. The Balaban J connectivity index is 1.74. The van der Waals surface area contributed by atoms with Crippen LogP contribution in [0.3, 0.4) is 0 Å². The number of amidine groups is 1. The maximum absolute atomic E-state index is 12.7. The Morgan fingerprint density at radius 1 is 1.26 bits per heavy atom. The van der Waals surface area contributed by atoms with E-state index in [1.807, 2.05) is 18.2 Å². The molecule has 0 bridgehead atoms. The van der Waals surface area contributed by atoms with Crippen molar-refractivity contribution in [2.75, 3.05) is 11.9 Å². The normalized spacial score (nSPS) is 17.9. The third kappa shape index (κ3) is 4.77. The van der Waals surface area contributed by atoms with E-state index in [9.17, 15) is 14.7 Å². The predicted molar refractivity (Wildman–Crippen MR) is 108 cm³/mol. The lowest BCUT2D eigenvalue weighted by Gasteiger charge is -2.13. The van der Waals surface area contributed by atoms with Gasteiger partial charge >= 0.3 is 0 Å². The van der Waals surface area contributed by atoms with Crippen LogP contribution in [-0.4, -0.2) is 38.8 Å². The van der Waals surface area contributed by atoms with Gasteiger partial charge in [-0.1, -0.05) is 42.1 Å². The molecule has 1 unspecified atom stereocenters. The number of phenols is 1. The minimum absolute atomic E-state index is 0.0467. The molecule has 27 heavy (non-hydrogen) atoms. The molecule has 2 amide bonds. The van der Waals surface area contributed by atoms with Gasteiger partial charge in [0.2, 0.25) is 11.8 Å². The second-order valence-electron chi connectivity index (χ2n) is 5.88. The number of aromatic hydroxyl groups is 1. The number of amides is 2. The summed E-state index contributed by atoms with van der Waals surface area (Å²) in [5, 5.41) is 12.3. The first-order valence-corrected chi connectivity index (χ1v) is 9.26. The minimum atomic E-state index is -0.551.